The number of aromatic nitrogens is 1. The van der Waals surface area contributed by atoms with Gasteiger partial charge in [-0.25, -0.2) is 9.18 Å². The van der Waals surface area contributed by atoms with E-state index >= 15 is 0 Å². The average molecular weight is 518 g/mol. The molecule has 0 aliphatic carbocycles. The fourth-order valence-electron chi connectivity index (χ4n) is 4.49. The Hall–Kier alpha value is -4.15. The molecule has 0 bridgehead atoms. The number of rotatable bonds is 5. The lowest BCUT2D eigenvalue weighted by atomic mass is 9.81. The molecule has 4 rings (SSSR count). The fraction of sp³-hybridized carbons (Fsp3) is 0.269. The standard InChI is InChI=1S/C26H22F4N2O5/c1-14-11-16(12-15(2)21(14)24(34)35-3)23(33)32-25(8-10-36-20-5-4-9-31-22(20)25)17-6-7-19(18(27)13-17)37-26(28,29)30/h4-7,9,11-13H,8,10H2,1-3H3,(H,32,33). The smallest absolute Gasteiger partial charge is 0.491 e. The van der Waals surface area contributed by atoms with Crippen LogP contribution in [-0.2, 0) is 10.3 Å². The fourth-order valence-corrected chi connectivity index (χ4v) is 4.49. The van der Waals surface area contributed by atoms with E-state index in [0.717, 1.165) is 12.1 Å². The molecule has 1 N–H and O–H groups in total. The van der Waals surface area contributed by atoms with Crippen LogP contribution in [-0.4, -0.2) is 36.9 Å². The Bertz CT molecular complexity index is 1350. The highest BCUT2D eigenvalue weighted by Crippen LogP contribution is 2.42. The predicted molar refractivity (Wildman–Crippen MR) is 123 cm³/mol. The van der Waals surface area contributed by atoms with Crippen LogP contribution in [0.2, 0.25) is 0 Å². The number of hydrogen-bond donors (Lipinski definition) is 1. The summed E-state index contributed by atoms with van der Waals surface area (Å²) >= 11 is 0. The first-order valence-corrected chi connectivity index (χ1v) is 11.1. The van der Waals surface area contributed by atoms with Gasteiger partial charge in [0.25, 0.3) is 5.91 Å². The Morgan fingerprint density at radius 2 is 1.81 bits per heavy atom. The summed E-state index contributed by atoms with van der Waals surface area (Å²) in [5.74, 6) is -3.05. The maximum atomic E-state index is 14.8. The van der Waals surface area contributed by atoms with Gasteiger partial charge in [-0.2, -0.15) is 0 Å². The second-order valence-corrected chi connectivity index (χ2v) is 8.48. The first kappa shape index (κ1) is 25.9. The number of benzene rings is 2. The van der Waals surface area contributed by atoms with Crippen molar-refractivity contribution in [3.05, 3.63) is 88.0 Å². The molecule has 2 heterocycles. The molecule has 2 aromatic carbocycles. The number of hydrogen-bond acceptors (Lipinski definition) is 6. The summed E-state index contributed by atoms with van der Waals surface area (Å²) in [5.41, 5.74) is 0.533. The number of halogens is 4. The zero-order chi connectivity index (χ0) is 27.0. The van der Waals surface area contributed by atoms with Gasteiger partial charge in [-0.05, 0) is 66.9 Å². The molecule has 1 atom stereocenters. The molecule has 0 spiro atoms. The number of nitrogens with one attached hydrogen (secondary N) is 1. The van der Waals surface area contributed by atoms with Crippen LogP contribution in [0.25, 0.3) is 0 Å². The molecule has 194 valence electrons. The van der Waals surface area contributed by atoms with Gasteiger partial charge in [0, 0.05) is 18.2 Å². The summed E-state index contributed by atoms with van der Waals surface area (Å²) in [5, 5.41) is 2.91. The number of methoxy groups -OCH3 is 1. The predicted octanol–water partition coefficient (Wildman–Crippen LogP) is 4.98. The highest BCUT2D eigenvalue weighted by atomic mass is 19.4. The molecule has 0 radical (unpaired) electrons. The molecule has 1 unspecified atom stereocenters. The summed E-state index contributed by atoms with van der Waals surface area (Å²) in [7, 11) is 1.26. The van der Waals surface area contributed by atoms with Gasteiger partial charge in [0.1, 0.15) is 17.0 Å². The Balaban J connectivity index is 1.80. The molecule has 0 saturated carbocycles. The van der Waals surface area contributed by atoms with Gasteiger partial charge >= 0.3 is 12.3 Å². The van der Waals surface area contributed by atoms with Gasteiger partial charge in [-0.3, -0.25) is 9.78 Å². The van der Waals surface area contributed by atoms with Crippen molar-refractivity contribution in [1.29, 1.82) is 0 Å². The SMILES string of the molecule is COC(=O)c1c(C)cc(C(=O)NC2(c3ccc(OC(F)(F)F)c(F)c3)CCOc3cccnc32)cc1C. The number of esters is 1. The number of aryl methyl sites for hydroxylation is 2. The second kappa shape index (κ2) is 9.72. The van der Waals surface area contributed by atoms with Crippen LogP contribution < -0.4 is 14.8 Å². The summed E-state index contributed by atoms with van der Waals surface area (Å²) in [4.78, 5) is 30.0. The van der Waals surface area contributed by atoms with Crippen molar-refractivity contribution in [3.63, 3.8) is 0 Å². The zero-order valence-corrected chi connectivity index (χ0v) is 20.0. The number of nitrogens with zero attached hydrogens (tertiary/aromatic N) is 1. The number of alkyl halides is 3. The minimum Gasteiger partial charge on any atom is -0.491 e. The molecule has 37 heavy (non-hydrogen) atoms. The molecule has 0 fully saturated rings. The Labute approximate surface area is 209 Å². The molecule has 1 aromatic heterocycles. The van der Waals surface area contributed by atoms with Crippen molar-refractivity contribution < 1.29 is 41.4 Å². The van der Waals surface area contributed by atoms with E-state index in [2.05, 4.69) is 15.0 Å². The highest BCUT2D eigenvalue weighted by molar-refractivity contribution is 5.99. The number of pyridine rings is 1. The average Bonchev–Trinajstić information content (AvgIpc) is 2.84. The first-order valence-electron chi connectivity index (χ1n) is 11.1. The Morgan fingerprint density at radius 3 is 2.43 bits per heavy atom. The van der Waals surface area contributed by atoms with E-state index in [1.165, 1.54) is 31.5 Å². The summed E-state index contributed by atoms with van der Waals surface area (Å²) < 4.78 is 67.0. The lowest BCUT2D eigenvalue weighted by Gasteiger charge is -2.39. The molecule has 1 amide bonds. The van der Waals surface area contributed by atoms with Gasteiger partial charge in [0.15, 0.2) is 11.6 Å². The number of fused-ring (bicyclic) bond motifs is 1. The third-order valence-electron chi connectivity index (χ3n) is 6.07. The topological polar surface area (TPSA) is 86.8 Å². The van der Waals surface area contributed by atoms with E-state index in [0.29, 0.717) is 22.4 Å². The third-order valence-corrected chi connectivity index (χ3v) is 6.07. The largest absolute Gasteiger partial charge is 0.573 e. The number of ether oxygens (including phenoxy) is 3. The van der Waals surface area contributed by atoms with E-state index < -0.39 is 35.3 Å². The number of carbonyl (C=O) groups is 2. The van der Waals surface area contributed by atoms with Crippen LogP contribution in [0.5, 0.6) is 11.5 Å². The minimum atomic E-state index is -5.08. The van der Waals surface area contributed by atoms with Crippen LogP contribution in [0.3, 0.4) is 0 Å². The molecule has 11 heteroatoms. The van der Waals surface area contributed by atoms with Gasteiger partial charge in [0.05, 0.1) is 19.3 Å². The van der Waals surface area contributed by atoms with Crippen LogP contribution in [0.1, 0.15) is 49.5 Å². The zero-order valence-electron chi connectivity index (χ0n) is 20.0. The molecule has 0 saturated heterocycles. The van der Waals surface area contributed by atoms with E-state index in [1.54, 1.807) is 26.0 Å². The van der Waals surface area contributed by atoms with Gasteiger partial charge < -0.3 is 19.5 Å². The quantitative estimate of drug-likeness (QED) is 0.379. The lowest BCUT2D eigenvalue weighted by Crippen LogP contribution is -2.50. The van der Waals surface area contributed by atoms with Gasteiger partial charge in [0.2, 0.25) is 0 Å². The molecule has 7 nitrogen and oxygen atoms in total. The van der Waals surface area contributed by atoms with Crippen molar-refractivity contribution in [3.8, 4) is 11.5 Å². The number of carbonyl (C=O) groups excluding carboxylic acids is 2. The normalized spacial score (nSPS) is 16.8. The molecular weight excluding hydrogens is 496 g/mol. The second-order valence-electron chi connectivity index (χ2n) is 8.48. The van der Waals surface area contributed by atoms with E-state index in [9.17, 15) is 27.2 Å². The summed E-state index contributed by atoms with van der Waals surface area (Å²) in [6.45, 7) is 3.43. The van der Waals surface area contributed by atoms with Crippen molar-refractivity contribution in [2.24, 2.45) is 0 Å². The Morgan fingerprint density at radius 1 is 1.11 bits per heavy atom. The van der Waals surface area contributed by atoms with E-state index in [4.69, 9.17) is 9.47 Å². The van der Waals surface area contributed by atoms with Crippen LogP contribution in [0, 0.1) is 19.7 Å². The van der Waals surface area contributed by atoms with Crippen molar-refractivity contribution in [1.82, 2.24) is 10.3 Å². The first-order chi connectivity index (χ1) is 17.4. The van der Waals surface area contributed by atoms with Crippen molar-refractivity contribution in [2.75, 3.05) is 13.7 Å². The van der Waals surface area contributed by atoms with Crippen molar-refractivity contribution >= 4 is 11.9 Å². The van der Waals surface area contributed by atoms with Crippen LogP contribution >= 0.6 is 0 Å². The molecule has 1 aliphatic heterocycles. The maximum absolute atomic E-state index is 14.8. The van der Waals surface area contributed by atoms with E-state index in [1.807, 2.05) is 0 Å². The summed E-state index contributed by atoms with van der Waals surface area (Å²) in [6.07, 6.45) is -3.50. The summed E-state index contributed by atoms with van der Waals surface area (Å²) in [6, 6.07) is 9.25. The number of amides is 1. The molecular formula is C26H22F4N2O5. The monoisotopic (exact) mass is 518 g/mol. The molecule has 1 aliphatic rings. The third kappa shape index (κ3) is 5.07. The van der Waals surface area contributed by atoms with Gasteiger partial charge in [-0.1, -0.05) is 6.07 Å². The maximum Gasteiger partial charge on any atom is 0.573 e. The van der Waals surface area contributed by atoms with E-state index in [-0.39, 0.29) is 29.8 Å². The van der Waals surface area contributed by atoms with Gasteiger partial charge in [-0.15, -0.1) is 13.2 Å². The van der Waals surface area contributed by atoms with Crippen LogP contribution in [0.4, 0.5) is 17.6 Å². The highest BCUT2D eigenvalue weighted by Gasteiger charge is 2.43. The van der Waals surface area contributed by atoms with Crippen molar-refractivity contribution in [2.45, 2.75) is 32.2 Å². The van der Waals surface area contributed by atoms with Crippen LogP contribution in [0.15, 0.2) is 48.7 Å². The Kier molecular flexibility index (Phi) is 6.81. The minimum absolute atomic E-state index is 0.111. The molecule has 3 aromatic rings. The lowest BCUT2D eigenvalue weighted by molar-refractivity contribution is -0.275.